The Hall–Kier alpha value is -3.04. The number of likely N-dealkylation sites (tertiary alicyclic amines) is 1. The topological polar surface area (TPSA) is 93.1 Å². The number of amides is 1. The molecule has 0 aromatic heterocycles. The van der Waals surface area contributed by atoms with E-state index >= 15 is 4.39 Å². The standard InChI is InChI=1S/C43H51ClFN3O4/c1-38-14-11-29(49)24-40(38)17-18-43(31(25-40)34(50)23-30-32(44)9-6-10-33(30)45)35(38)12-15-39(2)36(43)13-16-42(39,52)26-47-21-19-41(20-22-47)37(51)46-27-48(41)28-7-4-3-5-8-28/h3-10,17-18,25,29,35-36,49,52H,11-16,19-24,26-27H2,1-2H3,(H,46,51). The van der Waals surface area contributed by atoms with Gasteiger partial charge in [-0.15, -0.1) is 0 Å². The lowest BCUT2D eigenvalue weighted by atomic mass is 9.32. The number of ketones is 1. The summed E-state index contributed by atoms with van der Waals surface area (Å²) < 4.78 is 15.1. The average molecular weight is 728 g/mol. The number of hydrogen-bond donors (Lipinski definition) is 3. The number of benzene rings is 2. The van der Waals surface area contributed by atoms with Crippen molar-refractivity contribution in [3.63, 3.8) is 0 Å². The number of aliphatic hydroxyl groups is 2. The lowest BCUT2D eigenvalue weighted by Gasteiger charge is -2.71. The van der Waals surface area contributed by atoms with Gasteiger partial charge in [0, 0.05) is 64.1 Å². The summed E-state index contributed by atoms with van der Waals surface area (Å²) in [6.07, 6.45) is 12.9. The number of piperidine rings is 1. The highest BCUT2D eigenvalue weighted by Gasteiger charge is 2.74. The van der Waals surface area contributed by atoms with Crippen LogP contribution in [0.1, 0.15) is 77.2 Å². The molecule has 8 atom stereocenters. The predicted octanol–water partition coefficient (Wildman–Crippen LogP) is 6.61. The summed E-state index contributed by atoms with van der Waals surface area (Å²) in [5.74, 6) is -0.322. The Labute approximate surface area is 311 Å². The van der Waals surface area contributed by atoms with Crippen molar-refractivity contribution in [2.75, 3.05) is 31.2 Å². The van der Waals surface area contributed by atoms with Crippen LogP contribution >= 0.6 is 11.6 Å². The number of anilines is 1. The molecule has 3 N–H and O–H groups in total. The van der Waals surface area contributed by atoms with Crippen molar-refractivity contribution in [2.45, 2.75) is 95.3 Å². The van der Waals surface area contributed by atoms with E-state index in [1.165, 1.54) is 6.07 Å². The van der Waals surface area contributed by atoms with Crippen molar-refractivity contribution in [3.05, 3.63) is 88.7 Å². The molecular weight excluding hydrogens is 677 g/mol. The molecule has 3 saturated carbocycles. The van der Waals surface area contributed by atoms with Gasteiger partial charge in [0.05, 0.1) is 18.4 Å². The van der Waals surface area contributed by atoms with Gasteiger partial charge >= 0.3 is 0 Å². The molecule has 6 aliphatic carbocycles. The Balaban J connectivity index is 1.03. The van der Waals surface area contributed by atoms with Crippen LogP contribution in [-0.4, -0.2) is 70.4 Å². The fraction of sp³-hybridized carbons (Fsp3) is 0.581. The highest BCUT2D eigenvalue weighted by molar-refractivity contribution is 6.31. The monoisotopic (exact) mass is 727 g/mol. The average Bonchev–Trinajstić information content (AvgIpc) is 3.59. The van der Waals surface area contributed by atoms with Crippen molar-refractivity contribution in [2.24, 2.45) is 33.5 Å². The van der Waals surface area contributed by atoms with E-state index in [2.05, 4.69) is 59.3 Å². The van der Waals surface area contributed by atoms with Gasteiger partial charge in [0.1, 0.15) is 11.4 Å². The number of para-hydroxylation sites is 1. The molecule has 7 nitrogen and oxygen atoms in total. The molecule has 0 radical (unpaired) electrons. The Bertz CT molecular complexity index is 1860. The van der Waals surface area contributed by atoms with E-state index in [0.717, 1.165) is 43.4 Å². The number of halogens is 2. The molecule has 1 amide bonds. The Morgan fingerprint density at radius 2 is 1.65 bits per heavy atom. The van der Waals surface area contributed by atoms with E-state index in [1.807, 2.05) is 18.2 Å². The van der Waals surface area contributed by atoms with Crippen LogP contribution in [0, 0.1) is 39.3 Å². The number of carbonyl (C=O) groups is 2. The minimum Gasteiger partial charge on any atom is -0.393 e. The second kappa shape index (κ2) is 11.7. The fourth-order valence-electron chi connectivity index (χ4n) is 13.1. The first-order valence-corrected chi connectivity index (χ1v) is 19.8. The Morgan fingerprint density at radius 1 is 0.942 bits per heavy atom. The zero-order valence-electron chi connectivity index (χ0n) is 30.3. The first kappa shape index (κ1) is 34.7. The second-order valence-electron chi connectivity index (χ2n) is 17.8. The van der Waals surface area contributed by atoms with Gasteiger partial charge in [0.25, 0.3) is 0 Å². The zero-order valence-corrected chi connectivity index (χ0v) is 31.1. The third-order valence-electron chi connectivity index (χ3n) is 16.0. The number of aliphatic hydroxyl groups excluding tert-OH is 1. The maximum absolute atomic E-state index is 15.1. The zero-order chi connectivity index (χ0) is 36.3. The lowest BCUT2D eigenvalue weighted by Crippen LogP contribution is -2.67. The molecule has 2 heterocycles. The molecule has 8 unspecified atom stereocenters. The summed E-state index contributed by atoms with van der Waals surface area (Å²) in [5, 5.41) is 27.3. The number of hydrogen-bond acceptors (Lipinski definition) is 6. The molecule has 2 bridgehead atoms. The first-order valence-electron chi connectivity index (χ1n) is 19.4. The van der Waals surface area contributed by atoms with Gasteiger partial charge in [-0.1, -0.05) is 67.9 Å². The highest BCUT2D eigenvalue weighted by Crippen LogP contribution is 2.78. The van der Waals surface area contributed by atoms with E-state index in [0.29, 0.717) is 52.0 Å². The summed E-state index contributed by atoms with van der Waals surface area (Å²) in [4.78, 5) is 32.7. The quantitative estimate of drug-likeness (QED) is 0.290. The van der Waals surface area contributed by atoms with Crippen LogP contribution < -0.4 is 10.2 Å². The molecule has 10 rings (SSSR count). The van der Waals surface area contributed by atoms with Crippen LogP contribution in [0.3, 0.4) is 0 Å². The molecule has 9 heteroatoms. The number of rotatable bonds is 6. The van der Waals surface area contributed by atoms with Gasteiger partial charge in [0.15, 0.2) is 5.78 Å². The number of β-amino-alcohol motifs (C(OH)–C–C–N with tert-alkyl or cyclic N) is 1. The summed E-state index contributed by atoms with van der Waals surface area (Å²) in [7, 11) is 0. The minimum absolute atomic E-state index is 0.0126. The van der Waals surface area contributed by atoms with E-state index in [4.69, 9.17) is 11.6 Å². The van der Waals surface area contributed by atoms with E-state index in [-0.39, 0.29) is 45.9 Å². The van der Waals surface area contributed by atoms with Gasteiger partial charge in [0.2, 0.25) is 5.91 Å². The lowest BCUT2D eigenvalue weighted by molar-refractivity contribution is -0.179. The number of nitrogens with zero attached hydrogens (tertiary/aromatic N) is 2. The second-order valence-corrected chi connectivity index (χ2v) is 18.3. The van der Waals surface area contributed by atoms with Crippen LogP contribution in [0.15, 0.2) is 72.3 Å². The SMILES string of the molecule is CC12CCC(O)CC13C=CC1(C(C(=O)Cc4c(F)cccc4Cl)=C3)C2CCC2(C)C1CCC2(O)CN1CCC2(CC1)C(=O)NCN2c1ccccc1. The van der Waals surface area contributed by atoms with E-state index in [9.17, 15) is 19.8 Å². The first-order chi connectivity index (χ1) is 24.8. The maximum Gasteiger partial charge on any atom is 0.247 e. The van der Waals surface area contributed by atoms with Gasteiger partial charge in [-0.25, -0.2) is 4.39 Å². The maximum atomic E-state index is 15.1. The van der Waals surface area contributed by atoms with Crippen LogP contribution in [0.4, 0.5) is 10.1 Å². The Morgan fingerprint density at radius 3 is 2.40 bits per heavy atom. The van der Waals surface area contributed by atoms with Gasteiger partial charge in [-0.05, 0) is 99.3 Å². The molecule has 5 fully saturated rings. The number of carbonyl (C=O) groups excluding carboxylic acids is 2. The van der Waals surface area contributed by atoms with Crippen molar-refractivity contribution >= 4 is 29.0 Å². The molecule has 2 saturated heterocycles. The highest BCUT2D eigenvalue weighted by atomic mass is 35.5. The Kier molecular flexibility index (Phi) is 7.83. The number of allylic oxidation sites excluding steroid dienone is 4. The predicted molar refractivity (Wildman–Crippen MR) is 199 cm³/mol. The minimum atomic E-state index is -0.981. The molecule has 3 spiro atoms. The van der Waals surface area contributed by atoms with Crippen LogP contribution in [0.25, 0.3) is 0 Å². The van der Waals surface area contributed by atoms with Gasteiger partial charge in [-0.3, -0.25) is 9.59 Å². The summed E-state index contributed by atoms with van der Waals surface area (Å²) >= 11 is 6.48. The number of Topliss-reactive ketones (excluding diaryl/α,β-unsaturated/α-hetero) is 1. The van der Waals surface area contributed by atoms with Crippen LogP contribution in [-0.2, 0) is 16.0 Å². The van der Waals surface area contributed by atoms with Gasteiger partial charge in [-0.2, -0.15) is 0 Å². The molecule has 8 aliphatic rings. The van der Waals surface area contributed by atoms with Crippen molar-refractivity contribution in [1.29, 1.82) is 0 Å². The molecule has 52 heavy (non-hydrogen) atoms. The third-order valence-corrected chi connectivity index (χ3v) is 16.3. The largest absolute Gasteiger partial charge is 0.393 e. The van der Waals surface area contributed by atoms with E-state index < -0.39 is 39.3 Å². The number of nitrogens with one attached hydrogen (secondary N) is 1. The van der Waals surface area contributed by atoms with E-state index in [1.54, 1.807) is 12.1 Å². The molecule has 2 aromatic rings. The van der Waals surface area contributed by atoms with Crippen molar-refractivity contribution < 1.29 is 24.2 Å². The third kappa shape index (κ3) is 4.53. The fourth-order valence-corrected chi connectivity index (χ4v) is 13.3. The molecule has 276 valence electrons. The smallest absolute Gasteiger partial charge is 0.247 e. The van der Waals surface area contributed by atoms with Crippen LogP contribution in [0.2, 0.25) is 5.02 Å². The summed E-state index contributed by atoms with van der Waals surface area (Å²) in [6, 6.07) is 14.7. The van der Waals surface area contributed by atoms with Crippen molar-refractivity contribution in [1.82, 2.24) is 10.2 Å². The summed E-state index contributed by atoms with van der Waals surface area (Å²) in [6.45, 7) is 7.08. The van der Waals surface area contributed by atoms with Crippen molar-refractivity contribution in [3.8, 4) is 0 Å². The number of fused-ring (bicyclic) bond motifs is 1. The molecular formula is C43H51ClFN3O4. The summed E-state index contributed by atoms with van der Waals surface area (Å²) in [5.41, 5.74) is -1.23. The van der Waals surface area contributed by atoms with Crippen LogP contribution in [0.5, 0.6) is 0 Å². The molecule has 2 aliphatic heterocycles. The normalized spacial score (nSPS) is 40.3. The molecule has 2 aromatic carbocycles. The van der Waals surface area contributed by atoms with Gasteiger partial charge < -0.3 is 25.3 Å².